The summed E-state index contributed by atoms with van der Waals surface area (Å²) in [4.78, 5) is 54.2. The van der Waals surface area contributed by atoms with Crippen LogP contribution >= 0.6 is 0 Å². The van der Waals surface area contributed by atoms with Crippen molar-refractivity contribution in [2.75, 3.05) is 51.4 Å². The molecule has 0 unspecified atom stereocenters. The Morgan fingerprint density at radius 3 is 2.20 bits per heavy atom. The Balaban J connectivity index is 0.690. The molecule has 1 fully saturated rings. The highest BCUT2D eigenvalue weighted by molar-refractivity contribution is 6.58. The van der Waals surface area contributed by atoms with Gasteiger partial charge in [-0.25, -0.2) is 0 Å². The zero-order chi connectivity index (χ0) is 49.9. The van der Waals surface area contributed by atoms with Crippen molar-refractivity contribution in [3.8, 4) is 16.9 Å². The molecule has 0 bridgehead atoms. The van der Waals surface area contributed by atoms with E-state index in [4.69, 9.17) is 14.2 Å². The summed E-state index contributed by atoms with van der Waals surface area (Å²) in [7, 11) is 0. The third-order valence-corrected chi connectivity index (χ3v) is 13.6. The maximum Gasteiger partial charge on any atom is 0.737 e. The van der Waals surface area contributed by atoms with E-state index in [1.165, 1.54) is 5.56 Å². The van der Waals surface area contributed by atoms with Crippen LogP contribution in [0.1, 0.15) is 97.8 Å². The van der Waals surface area contributed by atoms with Crippen LogP contribution in [0, 0.1) is 20.8 Å². The normalized spacial score (nSPS) is 15.7. The molecule has 1 saturated carbocycles. The molecular weight excluding hydrogens is 905 g/mol. The number of aryl methyl sites for hydroxylation is 3. The molecule has 3 aliphatic heterocycles. The number of allylic oxidation sites excluding steroid dienone is 2. The summed E-state index contributed by atoms with van der Waals surface area (Å²) in [6.45, 7) is 3.90. The van der Waals surface area contributed by atoms with Crippen molar-refractivity contribution < 1.29 is 46.5 Å². The number of carbonyl (C=O) groups excluding carboxylic acids is 4. The van der Waals surface area contributed by atoms with E-state index in [1.807, 2.05) is 60.4 Å². The van der Waals surface area contributed by atoms with E-state index in [1.54, 1.807) is 31.2 Å². The average molecular weight is 971 g/mol. The first-order valence-corrected chi connectivity index (χ1v) is 25.0. The summed E-state index contributed by atoms with van der Waals surface area (Å²) in [5.74, 6) is 0.147. The van der Waals surface area contributed by atoms with E-state index < -0.39 is 6.97 Å². The number of amides is 4. The quantitative estimate of drug-likeness (QED) is 0.0529. The summed E-state index contributed by atoms with van der Waals surface area (Å²) in [5, 5.41) is 8.64. The van der Waals surface area contributed by atoms with Gasteiger partial charge in [0.2, 0.25) is 17.7 Å². The van der Waals surface area contributed by atoms with Crippen molar-refractivity contribution in [2.45, 2.75) is 97.6 Å². The molecular formula is C55H65BF2N6O7. The van der Waals surface area contributed by atoms with Gasteiger partial charge in [-0.15, -0.1) is 0 Å². The minimum absolute atomic E-state index is 0.0313. The number of benzene rings is 3. The Morgan fingerprint density at radius 2 is 1.48 bits per heavy atom. The predicted octanol–water partition coefficient (Wildman–Crippen LogP) is 8.67. The highest BCUT2D eigenvalue weighted by atomic mass is 19.2. The second-order valence-electron chi connectivity index (χ2n) is 18.9. The lowest BCUT2D eigenvalue weighted by molar-refractivity contribution is -0.362. The van der Waals surface area contributed by atoms with E-state index >= 15 is 8.63 Å². The third-order valence-electron chi connectivity index (χ3n) is 13.6. The van der Waals surface area contributed by atoms with Crippen molar-refractivity contribution in [3.05, 3.63) is 130 Å². The van der Waals surface area contributed by atoms with Gasteiger partial charge in [0.15, 0.2) is 5.70 Å². The Hall–Kier alpha value is -6.65. The Kier molecular flexibility index (Phi) is 16.8. The number of ether oxygens (including phenoxy) is 3. The minimum atomic E-state index is -4.06. The average Bonchev–Trinajstić information content (AvgIpc) is 3.93. The van der Waals surface area contributed by atoms with Crippen LogP contribution in [0.5, 0.6) is 5.75 Å². The summed E-state index contributed by atoms with van der Waals surface area (Å²) in [5.41, 5.74) is 9.01. The van der Waals surface area contributed by atoms with Gasteiger partial charge >= 0.3 is 6.97 Å². The van der Waals surface area contributed by atoms with Crippen molar-refractivity contribution in [1.82, 2.24) is 20.0 Å². The molecule has 13 nitrogen and oxygen atoms in total. The first kappa shape index (κ1) is 50.7. The Bertz CT molecular complexity index is 2720. The van der Waals surface area contributed by atoms with Crippen LogP contribution < -0.4 is 20.7 Å². The fraction of sp³-hybridized carbons (Fsp3) is 0.400. The molecule has 4 aliphatic rings. The van der Waals surface area contributed by atoms with Gasteiger partial charge in [0.1, 0.15) is 18.1 Å². The zero-order valence-electron chi connectivity index (χ0n) is 41.1. The number of aromatic nitrogens is 1. The number of nitrogens with one attached hydrogen (secondary N) is 3. The number of fused-ring (bicyclic) bond motifs is 3. The summed E-state index contributed by atoms with van der Waals surface area (Å²) < 4.78 is 50.5. The minimum Gasteiger partial charge on any atom is -0.488 e. The Morgan fingerprint density at radius 1 is 0.789 bits per heavy atom. The highest BCUT2D eigenvalue weighted by Crippen LogP contribution is 2.35. The molecule has 8 rings (SSSR count). The van der Waals surface area contributed by atoms with Gasteiger partial charge in [-0.3, -0.25) is 19.2 Å². The van der Waals surface area contributed by atoms with E-state index in [9.17, 15) is 19.2 Å². The smallest absolute Gasteiger partial charge is 0.488 e. The largest absolute Gasteiger partial charge is 0.737 e. The molecule has 3 N–H and O–H groups in total. The molecule has 4 aromatic rings. The van der Waals surface area contributed by atoms with Crippen molar-refractivity contribution in [1.29, 1.82) is 0 Å². The first-order valence-electron chi connectivity index (χ1n) is 25.0. The fourth-order valence-corrected chi connectivity index (χ4v) is 9.86. The first-order chi connectivity index (χ1) is 34.3. The number of hydrogen-bond donors (Lipinski definition) is 3. The molecule has 0 atom stereocenters. The monoisotopic (exact) mass is 970 g/mol. The summed E-state index contributed by atoms with van der Waals surface area (Å²) in [6.07, 6.45) is 13.4. The van der Waals surface area contributed by atoms with Crippen molar-refractivity contribution in [3.63, 3.8) is 0 Å². The number of anilines is 1. The SMILES string of the molecule is Cc1ccc(-c2ccc3c(c2)C=C(C(=O)Nc2ccc(CN(C(=O)CCCC(=O)NCCOCCOCCNC(=O)CCC4=[N+]5C(=Cc6c(C)cc(C)n6[B-]5(F)F)C=C4)C4CCCCC4)cc2)CO3)cc1. The maximum atomic E-state index is 15.6. The molecule has 0 radical (unpaired) electrons. The van der Waals surface area contributed by atoms with Crippen LogP contribution in [0.4, 0.5) is 14.3 Å². The summed E-state index contributed by atoms with van der Waals surface area (Å²) in [6, 6.07) is 23.9. The van der Waals surface area contributed by atoms with Crippen LogP contribution in [-0.2, 0) is 35.2 Å². The van der Waals surface area contributed by atoms with Crippen LogP contribution in [0.2, 0.25) is 0 Å². The van der Waals surface area contributed by atoms with Crippen LogP contribution in [0.3, 0.4) is 0 Å². The molecule has 0 saturated heterocycles. The number of hydrogen-bond acceptors (Lipinski definition) is 7. The highest BCUT2D eigenvalue weighted by Gasteiger charge is 2.52. The summed E-state index contributed by atoms with van der Waals surface area (Å²) >= 11 is 0. The lowest BCUT2D eigenvalue weighted by atomic mass is 9.90. The van der Waals surface area contributed by atoms with Crippen LogP contribution in [0.15, 0.2) is 96.2 Å². The van der Waals surface area contributed by atoms with Crippen molar-refractivity contribution >= 4 is 54.1 Å². The molecule has 1 aromatic heterocycles. The fourth-order valence-electron chi connectivity index (χ4n) is 9.86. The van der Waals surface area contributed by atoms with Gasteiger partial charge in [0, 0.05) is 86.5 Å². The molecule has 3 aromatic carbocycles. The van der Waals surface area contributed by atoms with Gasteiger partial charge in [-0.1, -0.05) is 67.3 Å². The van der Waals surface area contributed by atoms with E-state index in [0.717, 1.165) is 74.6 Å². The molecule has 1 aliphatic carbocycles. The van der Waals surface area contributed by atoms with Gasteiger partial charge in [-0.05, 0) is 104 Å². The van der Waals surface area contributed by atoms with Gasteiger partial charge in [0.05, 0.1) is 32.0 Å². The van der Waals surface area contributed by atoms with Gasteiger partial charge in [-0.2, -0.15) is 0 Å². The maximum absolute atomic E-state index is 15.6. The molecule has 4 heterocycles. The Labute approximate surface area is 415 Å². The molecule has 16 heteroatoms. The van der Waals surface area contributed by atoms with Gasteiger partial charge < -0.3 is 52.7 Å². The van der Waals surface area contributed by atoms with Crippen LogP contribution in [-0.4, -0.2) is 102 Å². The van der Waals surface area contributed by atoms with Crippen molar-refractivity contribution in [2.24, 2.45) is 0 Å². The number of rotatable bonds is 22. The number of halogens is 2. The molecule has 71 heavy (non-hydrogen) atoms. The van der Waals surface area contributed by atoms with E-state index in [0.29, 0.717) is 73.4 Å². The second-order valence-corrected chi connectivity index (χ2v) is 18.9. The number of nitrogens with zero attached hydrogens (tertiary/aromatic N) is 3. The molecule has 0 spiro atoms. The zero-order valence-corrected chi connectivity index (χ0v) is 41.1. The predicted molar refractivity (Wildman–Crippen MR) is 273 cm³/mol. The molecule has 374 valence electrons. The lowest BCUT2D eigenvalue weighted by Gasteiger charge is -2.34. The van der Waals surface area contributed by atoms with E-state index in [2.05, 4.69) is 47.1 Å². The number of carbonyl (C=O) groups is 4. The van der Waals surface area contributed by atoms with Gasteiger partial charge in [0.25, 0.3) is 5.91 Å². The molecule has 4 amide bonds. The topological polar surface area (TPSA) is 143 Å². The standard InChI is InChI=1S/C55H65BF2N6O7/c1-38-12-16-42(17-13-38)43-18-24-51-44(33-43)34-45(37-71-51)55(68)61-46-19-14-41(15-20-46)36-62(47-8-5-4-6-9-47)54(67)11-7-10-52(65)59-26-28-69-30-31-70-29-27-60-53(66)25-23-48-21-22-49-35-50-39(2)32-40(3)63(50)56(57,58)64(48)49/h12-22,24,32-35,47H,4-11,23,25-31,36-37H2,1-3H3,(H,59,65)(H,60,66)(H,61,68). The lowest BCUT2D eigenvalue weighted by Crippen LogP contribution is -2.50. The van der Waals surface area contributed by atoms with Crippen LogP contribution in [0.25, 0.3) is 23.3 Å². The third kappa shape index (κ3) is 12.8. The second kappa shape index (κ2) is 23.5. The van der Waals surface area contributed by atoms with E-state index in [-0.39, 0.29) is 75.1 Å².